The maximum Gasteiger partial charge on any atom is 0.351 e. The number of nitrogens with two attached hydrogens (primary N) is 2. The fraction of sp³-hybridized carbons (Fsp3) is 0.200. The summed E-state index contributed by atoms with van der Waals surface area (Å²) in [4.78, 5) is 15.9. The van der Waals surface area contributed by atoms with E-state index in [9.17, 15) is 13.2 Å². The van der Waals surface area contributed by atoms with Gasteiger partial charge in [0.2, 0.25) is 0 Å². The number of anilines is 1. The predicted molar refractivity (Wildman–Crippen MR) is 74.2 cm³/mol. The van der Waals surface area contributed by atoms with Crippen LogP contribution in [-0.4, -0.2) is 33.7 Å². The van der Waals surface area contributed by atoms with Crippen LogP contribution in [0, 0.1) is 0 Å². The van der Waals surface area contributed by atoms with Crippen molar-refractivity contribution in [3.63, 3.8) is 0 Å². The Kier molecular flexibility index (Phi) is 4.38. The molecule has 104 valence electrons. The largest absolute Gasteiger partial charge is 0.370 e. The number of halogens is 1. The number of rotatable bonds is 2. The van der Waals surface area contributed by atoms with Crippen molar-refractivity contribution in [3.8, 4) is 0 Å². The summed E-state index contributed by atoms with van der Waals surface area (Å²) in [6, 6.07) is 3.46. The van der Waals surface area contributed by atoms with Gasteiger partial charge in [-0.05, 0) is 12.1 Å². The molecule has 1 aromatic rings. The molecule has 0 radical (unpaired) electrons. The molecular formula is C10H13ClN4O3S. The number of guanidine groups is 1. The van der Waals surface area contributed by atoms with Crippen molar-refractivity contribution >= 4 is 39.1 Å². The minimum Gasteiger partial charge on any atom is -0.370 e. The van der Waals surface area contributed by atoms with Crippen molar-refractivity contribution in [1.82, 2.24) is 0 Å². The van der Waals surface area contributed by atoms with E-state index in [-0.39, 0.29) is 15.6 Å². The van der Waals surface area contributed by atoms with E-state index in [1.54, 1.807) is 0 Å². The number of aliphatic imine (C=N–C) groups is 1. The number of amides is 2. The highest BCUT2D eigenvalue weighted by molar-refractivity contribution is 7.90. The molecule has 0 aliphatic heterocycles. The second-order valence-corrected chi connectivity index (χ2v) is 6.13. The zero-order valence-corrected chi connectivity index (χ0v) is 11.9. The van der Waals surface area contributed by atoms with Gasteiger partial charge in [-0.3, -0.25) is 4.90 Å². The third kappa shape index (κ3) is 3.58. The second kappa shape index (κ2) is 5.45. The molecule has 1 rings (SSSR count). The van der Waals surface area contributed by atoms with Crippen LogP contribution in [0.4, 0.5) is 10.5 Å². The Morgan fingerprint density at radius 1 is 1.37 bits per heavy atom. The molecule has 19 heavy (non-hydrogen) atoms. The van der Waals surface area contributed by atoms with Crippen LogP contribution in [0.15, 0.2) is 28.1 Å². The Bertz CT molecular complexity index is 638. The Balaban J connectivity index is 3.43. The molecule has 0 aromatic heterocycles. The molecule has 9 heteroatoms. The summed E-state index contributed by atoms with van der Waals surface area (Å²) in [5.41, 5.74) is 10.2. The van der Waals surface area contributed by atoms with Gasteiger partial charge in [0.1, 0.15) is 0 Å². The zero-order valence-electron chi connectivity index (χ0n) is 10.3. The molecule has 2 amide bonds. The highest BCUT2D eigenvalue weighted by Crippen LogP contribution is 2.32. The Labute approximate surface area is 115 Å². The van der Waals surface area contributed by atoms with Crippen molar-refractivity contribution in [2.75, 3.05) is 18.2 Å². The number of para-hydroxylation sites is 1. The lowest BCUT2D eigenvalue weighted by molar-refractivity contribution is 0.255. The number of benzene rings is 1. The van der Waals surface area contributed by atoms with Crippen molar-refractivity contribution in [1.29, 1.82) is 0 Å². The number of hydrogen-bond acceptors (Lipinski definition) is 3. The summed E-state index contributed by atoms with van der Waals surface area (Å²) in [5.74, 6) is -0.426. The first-order valence-electron chi connectivity index (χ1n) is 5.00. The average molecular weight is 305 g/mol. The fourth-order valence-electron chi connectivity index (χ4n) is 1.40. The molecule has 0 fully saturated rings. The van der Waals surface area contributed by atoms with Crippen LogP contribution in [0.3, 0.4) is 0 Å². The molecule has 0 saturated heterocycles. The van der Waals surface area contributed by atoms with Crippen LogP contribution < -0.4 is 16.4 Å². The Morgan fingerprint density at radius 3 is 2.42 bits per heavy atom. The van der Waals surface area contributed by atoms with Gasteiger partial charge in [0, 0.05) is 13.3 Å². The van der Waals surface area contributed by atoms with Crippen LogP contribution in [-0.2, 0) is 9.84 Å². The summed E-state index contributed by atoms with van der Waals surface area (Å²) in [5, 5.41) is 0.101. The van der Waals surface area contributed by atoms with Gasteiger partial charge in [-0.1, -0.05) is 17.7 Å². The minimum absolute atomic E-state index is 0.0293. The van der Waals surface area contributed by atoms with Crippen molar-refractivity contribution in [2.24, 2.45) is 16.5 Å². The average Bonchev–Trinajstić information content (AvgIpc) is 2.25. The van der Waals surface area contributed by atoms with E-state index < -0.39 is 21.8 Å². The summed E-state index contributed by atoms with van der Waals surface area (Å²) in [7, 11) is -2.23. The number of hydrogen-bond donors (Lipinski definition) is 2. The van der Waals surface area contributed by atoms with E-state index in [0.717, 1.165) is 11.2 Å². The summed E-state index contributed by atoms with van der Waals surface area (Å²) in [6.07, 6.45) is 1.01. The van der Waals surface area contributed by atoms with E-state index in [4.69, 9.17) is 23.1 Å². The third-order valence-electron chi connectivity index (χ3n) is 2.20. The first-order chi connectivity index (χ1) is 8.64. The first kappa shape index (κ1) is 15.3. The van der Waals surface area contributed by atoms with Gasteiger partial charge in [0.05, 0.1) is 15.6 Å². The number of urea groups is 1. The molecule has 0 aliphatic carbocycles. The van der Waals surface area contributed by atoms with Crippen LogP contribution in [0.2, 0.25) is 5.02 Å². The molecular weight excluding hydrogens is 292 g/mol. The number of sulfone groups is 1. The summed E-state index contributed by atoms with van der Waals surface area (Å²) >= 11 is 5.94. The number of carbonyl (C=O) groups excluding carboxylic acids is 1. The van der Waals surface area contributed by atoms with E-state index in [1.165, 1.54) is 25.2 Å². The van der Waals surface area contributed by atoms with E-state index in [2.05, 4.69) is 4.99 Å². The first-order valence-corrected chi connectivity index (χ1v) is 7.27. The van der Waals surface area contributed by atoms with Gasteiger partial charge in [0.25, 0.3) is 0 Å². The Morgan fingerprint density at radius 2 is 1.95 bits per heavy atom. The topological polar surface area (TPSA) is 119 Å². The highest BCUT2D eigenvalue weighted by atomic mass is 35.5. The Hall–Kier alpha value is -1.80. The van der Waals surface area contributed by atoms with E-state index in [1.807, 2.05) is 0 Å². The zero-order chi connectivity index (χ0) is 14.8. The lowest BCUT2D eigenvalue weighted by Gasteiger charge is -2.19. The van der Waals surface area contributed by atoms with Crippen LogP contribution in [0.5, 0.6) is 0 Å². The molecule has 0 unspecified atom stereocenters. The molecule has 0 spiro atoms. The van der Waals surface area contributed by atoms with Crippen LogP contribution in [0.25, 0.3) is 0 Å². The molecule has 0 aliphatic rings. The van der Waals surface area contributed by atoms with E-state index in [0.29, 0.717) is 0 Å². The lowest BCUT2D eigenvalue weighted by atomic mass is 10.3. The van der Waals surface area contributed by atoms with Gasteiger partial charge in [-0.15, -0.1) is 0 Å². The van der Waals surface area contributed by atoms with Crippen LogP contribution >= 0.6 is 11.6 Å². The SMILES string of the molecule is CN(C(=O)N=C(N)N)c1c(Cl)cccc1S(C)(=O)=O. The quantitative estimate of drug-likeness (QED) is 0.611. The smallest absolute Gasteiger partial charge is 0.351 e. The molecule has 0 bridgehead atoms. The normalized spacial score (nSPS) is 10.9. The highest BCUT2D eigenvalue weighted by Gasteiger charge is 2.22. The van der Waals surface area contributed by atoms with E-state index >= 15 is 0 Å². The third-order valence-corrected chi connectivity index (χ3v) is 3.63. The minimum atomic E-state index is -3.55. The summed E-state index contributed by atoms with van der Waals surface area (Å²) < 4.78 is 23.3. The number of carbonyl (C=O) groups is 1. The molecule has 0 saturated carbocycles. The summed E-state index contributed by atoms with van der Waals surface area (Å²) in [6.45, 7) is 0. The van der Waals surface area contributed by atoms with Crippen molar-refractivity contribution in [2.45, 2.75) is 4.90 Å². The van der Waals surface area contributed by atoms with Gasteiger partial charge in [0.15, 0.2) is 15.8 Å². The fourth-order valence-corrected chi connectivity index (χ4v) is 2.68. The van der Waals surface area contributed by atoms with Crippen molar-refractivity contribution < 1.29 is 13.2 Å². The predicted octanol–water partition coefficient (Wildman–Crippen LogP) is 0.573. The number of nitrogens with zero attached hydrogens (tertiary/aromatic N) is 2. The van der Waals surface area contributed by atoms with Gasteiger partial charge < -0.3 is 11.5 Å². The van der Waals surface area contributed by atoms with Crippen LogP contribution in [0.1, 0.15) is 0 Å². The van der Waals surface area contributed by atoms with Gasteiger partial charge in [-0.25, -0.2) is 13.2 Å². The maximum absolute atomic E-state index is 11.7. The van der Waals surface area contributed by atoms with Crippen molar-refractivity contribution in [3.05, 3.63) is 23.2 Å². The molecule has 7 nitrogen and oxygen atoms in total. The standard InChI is InChI=1S/C10H13ClN4O3S/c1-15(10(16)14-9(12)13)8-6(11)4-3-5-7(8)19(2,17)18/h3-5H,1-2H3,(H4,12,13,14,16). The molecule has 4 N–H and O–H groups in total. The molecule has 0 heterocycles. The molecule has 1 aromatic carbocycles. The second-order valence-electron chi connectivity index (χ2n) is 3.74. The van der Waals surface area contributed by atoms with Gasteiger partial charge >= 0.3 is 6.03 Å². The van der Waals surface area contributed by atoms with Gasteiger partial charge in [-0.2, -0.15) is 4.99 Å². The molecule has 0 atom stereocenters. The monoisotopic (exact) mass is 304 g/mol. The lowest BCUT2D eigenvalue weighted by Crippen LogP contribution is -2.31. The maximum atomic E-state index is 11.7.